The number of aryl methyl sites for hydroxylation is 1. The highest BCUT2D eigenvalue weighted by Gasteiger charge is 2.23. The van der Waals surface area contributed by atoms with Crippen LogP contribution in [0.15, 0.2) is 88.1 Å². The van der Waals surface area contributed by atoms with Crippen molar-refractivity contribution in [3.8, 4) is 0 Å². The molecule has 1 amide bonds. The molecule has 30 heavy (non-hydrogen) atoms. The van der Waals surface area contributed by atoms with Crippen LogP contribution in [0.5, 0.6) is 0 Å². The molecule has 0 saturated heterocycles. The quantitative estimate of drug-likeness (QED) is 0.346. The summed E-state index contributed by atoms with van der Waals surface area (Å²) in [5.74, 6) is -0.935. The summed E-state index contributed by atoms with van der Waals surface area (Å²) in [5.41, 5.74) is 8.71. The van der Waals surface area contributed by atoms with E-state index < -0.39 is 11.9 Å². The Morgan fingerprint density at radius 2 is 1.80 bits per heavy atom. The second-order valence-corrected chi connectivity index (χ2v) is 6.46. The largest absolute Gasteiger partial charge is 0.462 e. The van der Waals surface area contributed by atoms with E-state index in [9.17, 15) is 9.59 Å². The maximum absolute atomic E-state index is 12.6. The molecule has 7 heteroatoms. The summed E-state index contributed by atoms with van der Waals surface area (Å²) in [7, 11) is 0. The van der Waals surface area contributed by atoms with Crippen molar-refractivity contribution in [3.05, 3.63) is 94.8 Å². The fraction of sp³-hybridized carbons (Fsp3) is 0.130. The van der Waals surface area contributed by atoms with Crippen LogP contribution in [-0.2, 0) is 9.53 Å². The summed E-state index contributed by atoms with van der Waals surface area (Å²) in [6, 6.07) is 16.2. The van der Waals surface area contributed by atoms with Gasteiger partial charge < -0.3 is 15.8 Å². The molecule has 0 aromatic heterocycles. The number of nitrogens with zero attached hydrogens (tertiary/aromatic N) is 2. The molecule has 0 spiro atoms. The van der Waals surface area contributed by atoms with Crippen LogP contribution in [0.1, 0.15) is 28.4 Å². The number of rotatable bonds is 5. The Kier molecular flexibility index (Phi) is 6.54. The molecule has 0 atom stereocenters. The number of carbonyl (C=O) groups is 2. The number of amides is 1. The zero-order chi connectivity index (χ0) is 21.5. The van der Waals surface area contributed by atoms with Crippen LogP contribution >= 0.6 is 0 Å². The highest BCUT2D eigenvalue weighted by atomic mass is 16.5. The van der Waals surface area contributed by atoms with E-state index in [1.54, 1.807) is 49.5 Å². The fourth-order valence-electron chi connectivity index (χ4n) is 2.76. The third-order valence-electron chi connectivity index (χ3n) is 4.27. The van der Waals surface area contributed by atoms with Gasteiger partial charge in [-0.05, 0) is 32.1 Å². The average molecular weight is 402 g/mol. The molecule has 0 bridgehead atoms. The summed E-state index contributed by atoms with van der Waals surface area (Å²) >= 11 is 0. The molecule has 1 aliphatic heterocycles. The van der Waals surface area contributed by atoms with Crippen molar-refractivity contribution < 1.29 is 14.3 Å². The molecule has 2 aromatic carbocycles. The number of carbonyl (C=O) groups excluding carboxylic acids is 2. The van der Waals surface area contributed by atoms with Gasteiger partial charge in [-0.25, -0.2) is 9.79 Å². The third-order valence-corrected chi connectivity index (χ3v) is 4.27. The van der Waals surface area contributed by atoms with Gasteiger partial charge in [-0.3, -0.25) is 4.79 Å². The molecule has 0 fully saturated rings. The molecule has 152 valence electrons. The van der Waals surface area contributed by atoms with Crippen molar-refractivity contribution in [2.45, 2.75) is 13.8 Å². The number of amidine groups is 2. The van der Waals surface area contributed by atoms with Crippen LogP contribution in [-0.4, -0.2) is 30.2 Å². The maximum Gasteiger partial charge on any atom is 0.344 e. The summed E-state index contributed by atoms with van der Waals surface area (Å²) < 4.78 is 5.14. The normalized spacial score (nSPS) is 15.1. The fourth-order valence-corrected chi connectivity index (χ4v) is 2.76. The van der Waals surface area contributed by atoms with E-state index in [-0.39, 0.29) is 18.0 Å². The lowest BCUT2D eigenvalue weighted by atomic mass is 10.1. The predicted octanol–water partition coefficient (Wildman–Crippen LogP) is 2.87. The summed E-state index contributed by atoms with van der Waals surface area (Å²) in [6.07, 6.45) is 3.13. The smallest absolute Gasteiger partial charge is 0.344 e. The average Bonchev–Trinajstić information content (AvgIpc) is 2.75. The monoisotopic (exact) mass is 402 g/mol. The van der Waals surface area contributed by atoms with Gasteiger partial charge in [0.25, 0.3) is 5.91 Å². The van der Waals surface area contributed by atoms with Crippen molar-refractivity contribution in [1.29, 1.82) is 0 Å². The Morgan fingerprint density at radius 3 is 2.47 bits per heavy atom. The SMILES string of the molecule is CCOC(=O)/C(C(N)=NC(=O)c1ccccc1)=C1\C=CN=C(c2ccc(C)cc2)N1. The van der Waals surface area contributed by atoms with Crippen molar-refractivity contribution in [3.63, 3.8) is 0 Å². The van der Waals surface area contributed by atoms with Crippen LogP contribution in [0.4, 0.5) is 0 Å². The van der Waals surface area contributed by atoms with Gasteiger partial charge in [-0.1, -0.05) is 48.0 Å². The maximum atomic E-state index is 12.6. The van der Waals surface area contributed by atoms with Gasteiger partial charge in [-0.2, -0.15) is 4.99 Å². The number of allylic oxidation sites excluding steroid dienone is 1. The van der Waals surface area contributed by atoms with Crippen LogP contribution < -0.4 is 11.1 Å². The topological polar surface area (TPSA) is 106 Å². The van der Waals surface area contributed by atoms with E-state index in [1.807, 2.05) is 31.2 Å². The van der Waals surface area contributed by atoms with E-state index in [2.05, 4.69) is 15.3 Å². The number of benzene rings is 2. The number of ether oxygens (including phenoxy) is 1. The van der Waals surface area contributed by atoms with Gasteiger partial charge in [0.05, 0.1) is 12.3 Å². The molecule has 0 radical (unpaired) electrons. The van der Waals surface area contributed by atoms with Gasteiger partial charge in [0, 0.05) is 17.3 Å². The summed E-state index contributed by atoms with van der Waals surface area (Å²) in [5, 5.41) is 3.09. The molecule has 3 N–H and O–H groups in total. The number of esters is 1. The van der Waals surface area contributed by atoms with Gasteiger partial charge in [-0.15, -0.1) is 0 Å². The second kappa shape index (κ2) is 9.47. The van der Waals surface area contributed by atoms with Gasteiger partial charge in [0.15, 0.2) is 0 Å². The lowest BCUT2D eigenvalue weighted by Crippen LogP contribution is -2.33. The zero-order valence-corrected chi connectivity index (χ0v) is 16.8. The minimum atomic E-state index is -0.683. The van der Waals surface area contributed by atoms with E-state index in [1.165, 1.54) is 0 Å². The summed E-state index contributed by atoms with van der Waals surface area (Å²) in [6.45, 7) is 3.83. The van der Waals surface area contributed by atoms with Gasteiger partial charge in [0.2, 0.25) is 0 Å². The van der Waals surface area contributed by atoms with Crippen LogP contribution in [0.25, 0.3) is 0 Å². The second-order valence-electron chi connectivity index (χ2n) is 6.46. The number of nitrogens with one attached hydrogen (secondary N) is 1. The van der Waals surface area contributed by atoms with Crippen LogP contribution in [0.2, 0.25) is 0 Å². The Hall–Kier alpha value is -4.00. The van der Waals surface area contributed by atoms with Gasteiger partial charge in [0.1, 0.15) is 17.2 Å². The number of hydrogen-bond acceptors (Lipinski definition) is 5. The minimum Gasteiger partial charge on any atom is -0.462 e. The first-order valence-electron chi connectivity index (χ1n) is 9.43. The summed E-state index contributed by atoms with van der Waals surface area (Å²) in [4.78, 5) is 33.3. The standard InChI is InChI=1S/C23H22N4O3/c1-3-30-23(29)19(20(24)27-22(28)17-7-5-4-6-8-17)18-13-14-25-21(26-18)16-11-9-15(2)10-12-16/h4-14H,3H2,1-2H3,(H,25,26)(H2,24,27,28)/b19-18+. The predicted molar refractivity (Wildman–Crippen MR) is 116 cm³/mol. The Labute approximate surface area is 174 Å². The molecular formula is C23H22N4O3. The minimum absolute atomic E-state index is 0.0307. The molecule has 0 unspecified atom stereocenters. The van der Waals surface area contributed by atoms with Crippen molar-refractivity contribution >= 4 is 23.5 Å². The molecule has 7 nitrogen and oxygen atoms in total. The Morgan fingerprint density at radius 1 is 1.10 bits per heavy atom. The first-order valence-corrected chi connectivity index (χ1v) is 9.43. The highest BCUT2D eigenvalue weighted by Crippen LogP contribution is 2.14. The van der Waals surface area contributed by atoms with E-state index in [0.717, 1.165) is 11.1 Å². The third kappa shape index (κ3) is 4.88. The van der Waals surface area contributed by atoms with Crippen molar-refractivity contribution in [1.82, 2.24) is 5.32 Å². The number of aliphatic imine (C=N–C) groups is 2. The van der Waals surface area contributed by atoms with Gasteiger partial charge >= 0.3 is 5.97 Å². The highest BCUT2D eigenvalue weighted by molar-refractivity contribution is 6.22. The lowest BCUT2D eigenvalue weighted by Gasteiger charge is -2.17. The Bertz CT molecular complexity index is 1070. The molecular weight excluding hydrogens is 380 g/mol. The molecule has 2 aromatic rings. The van der Waals surface area contributed by atoms with Crippen LogP contribution in [0, 0.1) is 6.92 Å². The number of hydrogen-bond donors (Lipinski definition) is 2. The molecule has 0 saturated carbocycles. The number of nitrogens with two attached hydrogens (primary N) is 1. The molecule has 1 heterocycles. The first kappa shape index (κ1) is 20.7. The van der Waals surface area contributed by atoms with Crippen LogP contribution in [0.3, 0.4) is 0 Å². The lowest BCUT2D eigenvalue weighted by molar-refractivity contribution is -0.137. The zero-order valence-electron chi connectivity index (χ0n) is 16.8. The molecule has 0 aliphatic carbocycles. The van der Waals surface area contributed by atoms with E-state index in [4.69, 9.17) is 10.5 Å². The van der Waals surface area contributed by atoms with Crippen molar-refractivity contribution in [2.24, 2.45) is 15.7 Å². The Balaban J connectivity index is 1.98. The molecule has 3 rings (SSSR count). The van der Waals surface area contributed by atoms with E-state index in [0.29, 0.717) is 17.1 Å². The molecule has 1 aliphatic rings. The van der Waals surface area contributed by atoms with Crippen molar-refractivity contribution in [2.75, 3.05) is 6.61 Å². The van der Waals surface area contributed by atoms with E-state index >= 15 is 0 Å². The first-order chi connectivity index (χ1) is 14.5.